The number of hydrogen-bond acceptors (Lipinski definition) is 4. The Balaban J connectivity index is 1.96. The summed E-state index contributed by atoms with van der Waals surface area (Å²) in [4.78, 5) is 4.61. The van der Waals surface area contributed by atoms with Gasteiger partial charge in [0.05, 0.1) is 24.3 Å². The van der Waals surface area contributed by atoms with E-state index in [1.165, 1.54) is 0 Å². The summed E-state index contributed by atoms with van der Waals surface area (Å²) < 4.78 is 5.86. The highest BCUT2D eigenvalue weighted by molar-refractivity contribution is 5.50. The SMILES string of the molecule is CC(C)N1CCOC(CN(C)c2cccc(C#N)c2)C1. The molecule has 4 heteroatoms. The van der Waals surface area contributed by atoms with Gasteiger partial charge in [-0.3, -0.25) is 4.90 Å². The molecule has 1 aliphatic heterocycles. The minimum Gasteiger partial charge on any atom is -0.374 e. The van der Waals surface area contributed by atoms with Crippen molar-refractivity contribution >= 4 is 5.69 Å². The van der Waals surface area contributed by atoms with Crippen LogP contribution in [0.15, 0.2) is 24.3 Å². The maximum Gasteiger partial charge on any atom is 0.0992 e. The molecular formula is C16H23N3O. The average molecular weight is 273 g/mol. The van der Waals surface area contributed by atoms with Crippen LogP contribution >= 0.6 is 0 Å². The first-order valence-corrected chi connectivity index (χ1v) is 7.17. The standard InChI is InChI=1S/C16H23N3O/c1-13(2)19-7-8-20-16(12-19)11-18(3)15-6-4-5-14(9-15)10-17/h4-6,9,13,16H,7-8,11-12H2,1-3H3. The normalized spacial score (nSPS) is 19.9. The van der Waals surface area contributed by atoms with E-state index in [9.17, 15) is 0 Å². The number of rotatable bonds is 4. The summed E-state index contributed by atoms with van der Waals surface area (Å²) in [6, 6.07) is 10.4. The fourth-order valence-corrected chi connectivity index (χ4v) is 2.55. The van der Waals surface area contributed by atoms with Gasteiger partial charge in [-0.25, -0.2) is 0 Å². The van der Waals surface area contributed by atoms with Crippen LogP contribution < -0.4 is 4.90 Å². The Morgan fingerprint density at radius 1 is 1.50 bits per heavy atom. The summed E-state index contributed by atoms with van der Waals surface area (Å²) in [6.45, 7) is 8.08. The molecule has 1 unspecified atom stereocenters. The Labute approximate surface area is 121 Å². The van der Waals surface area contributed by atoms with Crippen LogP contribution in [0.5, 0.6) is 0 Å². The molecule has 4 nitrogen and oxygen atoms in total. The summed E-state index contributed by atoms with van der Waals surface area (Å²) in [5.74, 6) is 0. The number of ether oxygens (including phenoxy) is 1. The smallest absolute Gasteiger partial charge is 0.0992 e. The van der Waals surface area contributed by atoms with Crippen molar-refractivity contribution in [3.63, 3.8) is 0 Å². The molecular weight excluding hydrogens is 250 g/mol. The first-order valence-electron chi connectivity index (χ1n) is 7.17. The number of hydrogen-bond donors (Lipinski definition) is 0. The zero-order chi connectivity index (χ0) is 14.5. The van der Waals surface area contributed by atoms with Crippen LogP contribution in [-0.4, -0.2) is 50.3 Å². The molecule has 0 radical (unpaired) electrons. The lowest BCUT2D eigenvalue weighted by Crippen LogP contribution is -2.49. The van der Waals surface area contributed by atoms with Crippen molar-refractivity contribution in [1.29, 1.82) is 5.26 Å². The van der Waals surface area contributed by atoms with E-state index >= 15 is 0 Å². The second-order valence-corrected chi connectivity index (χ2v) is 5.62. The van der Waals surface area contributed by atoms with Gasteiger partial charge in [0.25, 0.3) is 0 Å². The van der Waals surface area contributed by atoms with Crippen LogP contribution in [0.1, 0.15) is 19.4 Å². The molecule has 1 aliphatic rings. The molecule has 1 aromatic rings. The number of anilines is 1. The van der Waals surface area contributed by atoms with E-state index in [0.717, 1.165) is 31.9 Å². The summed E-state index contributed by atoms with van der Waals surface area (Å²) in [6.07, 6.45) is 0.224. The molecule has 0 bridgehead atoms. The summed E-state index contributed by atoms with van der Waals surface area (Å²) >= 11 is 0. The fourth-order valence-electron chi connectivity index (χ4n) is 2.55. The van der Waals surface area contributed by atoms with E-state index in [0.29, 0.717) is 11.6 Å². The Kier molecular flexibility index (Phi) is 4.99. The number of likely N-dealkylation sites (N-methyl/N-ethyl adjacent to an activating group) is 1. The van der Waals surface area contributed by atoms with Gasteiger partial charge < -0.3 is 9.64 Å². The molecule has 0 N–H and O–H groups in total. The highest BCUT2D eigenvalue weighted by atomic mass is 16.5. The van der Waals surface area contributed by atoms with Crippen LogP contribution in [0.3, 0.4) is 0 Å². The second-order valence-electron chi connectivity index (χ2n) is 5.62. The van der Waals surface area contributed by atoms with Gasteiger partial charge in [-0.1, -0.05) is 6.07 Å². The van der Waals surface area contributed by atoms with Crippen LogP contribution in [0, 0.1) is 11.3 Å². The molecule has 1 saturated heterocycles. The lowest BCUT2D eigenvalue weighted by Gasteiger charge is -2.37. The molecule has 0 amide bonds. The van der Waals surface area contributed by atoms with Gasteiger partial charge in [0.15, 0.2) is 0 Å². The molecule has 0 spiro atoms. The van der Waals surface area contributed by atoms with E-state index in [2.05, 4.69) is 29.7 Å². The number of nitriles is 1. The van der Waals surface area contributed by atoms with Gasteiger partial charge in [0.2, 0.25) is 0 Å². The molecule has 1 fully saturated rings. The lowest BCUT2D eigenvalue weighted by molar-refractivity contribution is -0.0338. The van der Waals surface area contributed by atoms with Crippen molar-refractivity contribution in [2.24, 2.45) is 0 Å². The van der Waals surface area contributed by atoms with Gasteiger partial charge in [0, 0.05) is 38.4 Å². The Bertz CT molecular complexity index is 481. The topological polar surface area (TPSA) is 39.5 Å². The number of nitrogens with zero attached hydrogens (tertiary/aromatic N) is 3. The molecule has 1 aromatic carbocycles. The minimum absolute atomic E-state index is 0.224. The Hall–Kier alpha value is -1.57. The van der Waals surface area contributed by atoms with Crippen molar-refractivity contribution in [2.75, 3.05) is 38.2 Å². The van der Waals surface area contributed by atoms with E-state index in [-0.39, 0.29) is 6.10 Å². The Morgan fingerprint density at radius 3 is 3.00 bits per heavy atom. The van der Waals surface area contributed by atoms with Crippen molar-refractivity contribution < 1.29 is 4.74 Å². The molecule has 0 aromatic heterocycles. The first-order chi connectivity index (χ1) is 9.60. The van der Waals surface area contributed by atoms with E-state index in [4.69, 9.17) is 10.00 Å². The molecule has 20 heavy (non-hydrogen) atoms. The first kappa shape index (κ1) is 14.8. The fraction of sp³-hybridized carbons (Fsp3) is 0.562. The van der Waals surface area contributed by atoms with Gasteiger partial charge >= 0.3 is 0 Å². The van der Waals surface area contributed by atoms with Crippen LogP contribution in [0.4, 0.5) is 5.69 Å². The monoisotopic (exact) mass is 273 g/mol. The van der Waals surface area contributed by atoms with Crippen molar-refractivity contribution in [3.8, 4) is 6.07 Å². The molecule has 1 atom stereocenters. The second kappa shape index (κ2) is 6.74. The van der Waals surface area contributed by atoms with Crippen LogP contribution in [-0.2, 0) is 4.74 Å². The maximum absolute atomic E-state index is 8.96. The maximum atomic E-state index is 8.96. The highest BCUT2D eigenvalue weighted by Gasteiger charge is 2.23. The zero-order valence-electron chi connectivity index (χ0n) is 12.5. The molecule has 108 valence electrons. The molecule has 1 heterocycles. The molecule has 0 saturated carbocycles. The largest absolute Gasteiger partial charge is 0.374 e. The summed E-state index contributed by atoms with van der Waals surface area (Å²) in [5.41, 5.74) is 1.76. The van der Waals surface area contributed by atoms with Gasteiger partial charge in [-0.05, 0) is 32.0 Å². The third-order valence-electron chi connectivity index (χ3n) is 3.79. The molecule has 2 rings (SSSR count). The average Bonchev–Trinajstić information content (AvgIpc) is 2.47. The zero-order valence-corrected chi connectivity index (χ0v) is 12.5. The van der Waals surface area contributed by atoms with E-state index in [1.807, 2.05) is 31.3 Å². The van der Waals surface area contributed by atoms with Crippen LogP contribution in [0.2, 0.25) is 0 Å². The van der Waals surface area contributed by atoms with Crippen LogP contribution in [0.25, 0.3) is 0 Å². The predicted molar refractivity (Wildman–Crippen MR) is 80.9 cm³/mol. The van der Waals surface area contributed by atoms with E-state index < -0.39 is 0 Å². The van der Waals surface area contributed by atoms with Gasteiger partial charge in [-0.2, -0.15) is 5.26 Å². The van der Waals surface area contributed by atoms with E-state index in [1.54, 1.807) is 0 Å². The minimum atomic E-state index is 0.224. The number of benzene rings is 1. The van der Waals surface area contributed by atoms with Crippen molar-refractivity contribution in [1.82, 2.24) is 4.90 Å². The third kappa shape index (κ3) is 3.72. The lowest BCUT2D eigenvalue weighted by atomic mass is 10.2. The summed E-state index contributed by atoms with van der Waals surface area (Å²) in [5, 5.41) is 8.96. The Morgan fingerprint density at radius 2 is 2.30 bits per heavy atom. The van der Waals surface area contributed by atoms with Crippen molar-refractivity contribution in [2.45, 2.75) is 26.0 Å². The highest BCUT2D eigenvalue weighted by Crippen LogP contribution is 2.17. The number of morpholine rings is 1. The van der Waals surface area contributed by atoms with Crippen molar-refractivity contribution in [3.05, 3.63) is 29.8 Å². The quantitative estimate of drug-likeness (QED) is 0.842. The summed E-state index contributed by atoms with van der Waals surface area (Å²) in [7, 11) is 2.05. The van der Waals surface area contributed by atoms with Gasteiger partial charge in [0.1, 0.15) is 0 Å². The third-order valence-corrected chi connectivity index (χ3v) is 3.79. The predicted octanol–water partition coefficient (Wildman–Crippen LogP) is 2.10. The molecule has 0 aliphatic carbocycles. The van der Waals surface area contributed by atoms with Gasteiger partial charge in [-0.15, -0.1) is 0 Å².